The molecule has 0 saturated carbocycles. The molecule has 0 aromatic carbocycles. The van der Waals surface area contributed by atoms with Crippen LogP contribution in [0, 0.1) is 5.92 Å². The monoisotopic (exact) mass is 252 g/mol. The Morgan fingerprint density at radius 2 is 2.11 bits per heavy atom. The summed E-state index contributed by atoms with van der Waals surface area (Å²) in [5.74, 6) is 0.422. The molecular formula is C16H28O2. The molecule has 104 valence electrons. The van der Waals surface area contributed by atoms with Crippen LogP contribution in [-0.4, -0.2) is 24.4 Å². The maximum Gasteiger partial charge on any atom is 0.0989 e. The minimum absolute atomic E-state index is 0.00171. The van der Waals surface area contributed by atoms with Gasteiger partial charge in [-0.15, -0.1) is 0 Å². The van der Waals surface area contributed by atoms with Gasteiger partial charge < -0.3 is 9.84 Å². The SMILES string of the molecule is CCCCCCC/C=C/[C@@H]1OC[C@H](C)C=C1CO. The van der Waals surface area contributed by atoms with Gasteiger partial charge in [0, 0.05) is 0 Å². The number of ether oxygens (including phenoxy) is 1. The van der Waals surface area contributed by atoms with E-state index in [2.05, 4.69) is 32.1 Å². The van der Waals surface area contributed by atoms with E-state index in [0.717, 1.165) is 18.6 Å². The van der Waals surface area contributed by atoms with Gasteiger partial charge in [0.15, 0.2) is 0 Å². The van der Waals surface area contributed by atoms with Crippen LogP contribution in [0.25, 0.3) is 0 Å². The summed E-state index contributed by atoms with van der Waals surface area (Å²) in [6.07, 6.45) is 14.2. The van der Waals surface area contributed by atoms with Crippen molar-refractivity contribution in [2.24, 2.45) is 5.92 Å². The van der Waals surface area contributed by atoms with Crippen molar-refractivity contribution in [3.8, 4) is 0 Å². The Balaban J connectivity index is 2.22. The van der Waals surface area contributed by atoms with Gasteiger partial charge >= 0.3 is 0 Å². The predicted molar refractivity (Wildman–Crippen MR) is 76.6 cm³/mol. The summed E-state index contributed by atoms with van der Waals surface area (Å²) in [4.78, 5) is 0. The van der Waals surface area contributed by atoms with E-state index >= 15 is 0 Å². The molecule has 0 unspecified atom stereocenters. The van der Waals surface area contributed by atoms with E-state index in [4.69, 9.17) is 4.74 Å². The highest BCUT2D eigenvalue weighted by molar-refractivity contribution is 5.19. The number of allylic oxidation sites excluding steroid dienone is 1. The number of rotatable bonds is 8. The minimum atomic E-state index is 0.00171. The topological polar surface area (TPSA) is 29.5 Å². The van der Waals surface area contributed by atoms with Crippen molar-refractivity contribution in [1.82, 2.24) is 0 Å². The van der Waals surface area contributed by atoms with Crippen molar-refractivity contribution in [3.63, 3.8) is 0 Å². The van der Waals surface area contributed by atoms with Crippen LogP contribution in [0.4, 0.5) is 0 Å². The fourth-order valence-electron chi connectivity index (χ4n) is 2.28. The van der Waals surface area contributed by atoms with Gasteiger partial charge in [0.2, 0.25) is 0 Å². The fraction of sp³-hybridized carbons (Fsp3) is 0.750. The van der Waals surface area contributed by atoms with E-state index in [-0.39, 0.29) is 12.7 Å². The Morgan fingerprint density at radius 1 is 1.33 bits per heavy atom. The molecule has 0 aliphatic carbocycles. The van der Waals surface area contributed by atoms with Gasteiger partial charge in [-0.3, -0.25) is 0 Å². The first-order valence-corrected chi connectivity index (χ1v) is 7.37. The quantitative estimate of drug-likeness (QED) is 0.525. The average molecular weight is 252 g/mol. The largest absolute Gasteiger partial charge is 0.392 e. The third-order valence-electron chi connectivity index (χ3n) is 3.37. The zero-order valence-corrected chi connectivity index (χ0v) is 11.9. The first-order valence-electron chi connectivity index (χ1n) is 7.37. The van der Waals surface area contributed by atoms with Crippen LogP contribution >= 0.6 is 0 Å². The first-order chi connectivity index (χ1) is 8.77. The highest BCUT2D eigenvalue weighted by atomic mass is 16.5. The Labute approximate surface area is 112 Å². The van der Waals surface area contributed by atoms with Crippen molar-refractivity contribution < 1.29 is 9.84 Å². The Bertz CT molecular complexity index is 268. The lowest BCUT2D eigenvalue weighted by Crippen LogP contribution is -2.24. The minimum Gasteiger partial charge on any atom is -0.392 e. The van der Waals surface area contributed by atoms with Gasteiger partial charge in [-0.05, 0) is 24.3 Å². The molecule has 0 aromatic rings. The molecule has 0 saturated heterocycles. The molecule has 0 aromatic heterocycles. The van der Waals surface area contributed by atoms with E-state index in [0.29, 0.717) is 5.92 Å². The van der Waals surface area contributed by atoms with Crippen LogP contribution in [0.5, 0.6) is 0 Å². The van der Waals surface area contributed by atoms with Crippen LogP contribution in [0.1, 0.15) is 52.4 Å². The van der Waals surface area contributed by atoms with Crippen molar-refractivity contribution >= 4 is 0 Å². The van der Waals surface area contributed by atoms with Crippen LogP contribution in [0.2, 0.25) is 0 Å². The second-order valence-corrected chi connectivity index (χ2v) is 5.26. The second kappa shape index (κ2) is 9.35. The predicted octanol–water partition coefficient (Wildman–Crippen LogP) is 3.86. The maximum atomic E-state index is 9.30. The third-order valence-corrected chi connectivity index (χ3v) is 3.37. The van der Waals surface area contributed by atoms with Crippen LogP contribution in [0.15, 0.2) is 23.8 Å². The van der Waals surface area contributed by atoms with Crippen LogP contribution < -0.4 is 0 Å². The molecule has 1 N–H and O–H groups in total. The summed E-state index contributed by atoms with van der Waals surface area (Å²) in [6, 6.07) is 0. The van der Waals surface area contributed by atoms with Crippen molar-refractivity contribution in [2.45, 2.75) is 58.5 Å². The summed E-state index contributed by atoms with van der Waals surface area (Å²) >= 11 is 0. The zero-order chi connectivity index (χ0) is 13.2. The number of hydrogen-bond acceptors (Lipinski definition) is 2. The molecular weight excluding hydrogens is 224 g/mol. The first kappa shape index (κ1) is 15.5. The molecule has 2 atom stereocenters. The molecule has 1 heterocycles. The summed E-state index contributed by atoms with van der Waals surface area (Å²) in [5.41, 5.74) is 1.01. The molecule has 1 rings (SSSR count). The van der Waals surface area contributed by atoms with Gasteiger partial charge in [0.1, 0.15) is 0 Å². The van der Waals surface area contributed by atoms with E-state index in [9.17, 15) is 5.11 Å². The van der Waals surface area contributed by atoms with Gasteiger partial charge in [-0.25, -0.2) is 0 Å². The fourth-order valence-corrected chi connectivity index (χ4v) is 2.28. The number of aliphatic hydroxyl groups is 1. The van der Waals surface area contributed by atoms with Gasteiger partial charge in [0.05, 0.1) is 19.3 Å². The zero-order valence-electron chi connectivity index (χ0n) is 11.9. The third kappa shape index (κ3) is 5.83. The number of unbranched alkanes of at least 4 members (excludes halogenated alkanes) is 5. The molecule has 2 nitrogen and oxygen atoms in total. The van der Waals surface area contributed by atoms with E-state index in [1.165, 1.54) is 32.1 Å². The van der Waals surface area contributed by atoms with E-state index in [1.54, 1.807) is 0 Å². The average Bonchev–Trinajstić information content (AvgIpc) is 2.39. The molecule has 2 heteroatoms. The second-order valence-electron chi connectivity index (χ2n) is 5.26. The van der Waals surface area contributed by atoms with E-state index in [1.807, 2.05) is 0 Å². The molecule has 1 aliphatic rings. The normalized spacial score (nSPS) is 24.5. The smallest absolute Gasteiger partial charge is 0.0989 e. The van der Waals surface area contributed by atoms with Gasteiger partial charge in [-0.2, -0.15) is 0 Å². The Morgan fingerprint density at radius 3 is 2.83 bits per heavy atom. The number of hydrogen-bond donors (Lipinski definition) is 1. The maximum absolute atomic E-state index is 9.30. The van der Waals surface area contributed by atoms with Crippen molar-refractivity contribution in [2.75, 3.05) is 13.2 Å². The van der Waals surface area contributed by atoms with Crippen LogP contribution in [-0.2, 0) is 4.74 Å². The summed E-state index contributed by atoms with van der Waals surface area (Å²) in [6.45, 7) is 5.22. The standard InChI is InChI=1S/C16H28O2/c1-3-4-5-6-7-8-9-10-16-15(12-17)11-14(2)13-18-16/h9-11,14,16-17H,3-8,12-13H2,1-2H3/b10-9+/t14-,16+/m1/s1. The summed E-state index contributed by atoms with van der Waals surface area (Å²) in [5, 5.41) is 9.30. The van der Waals surface area contributed by atoms with Crippen molar-refractivity contribution in [1.29, 1.82) is 0 Å². The lowest BCUT2D eigenvalue weighted by Gasteiger charge is -2.24. The summed E-state index contributed by atoms with van der Waals surface area (Å²) in [7, 11) is 0. The molecule has 0 bridgehead atoms. The van der Waals surface area contributed by atoms with E-state index < -0.39 is 0 Å². The molecule has 0 fully saturated rings. The highest BCUT2D eigenvalue weighted by Crippen LogP contribution is 2.19. The molecule has 0 amide bonds. The van der Waals surface area contributed by atoms with Crippen LogP contribution in [0.3, 0.4) is 0 Å². The number of aliphatic hydroxyl groups excluding tert-OH is 1. The highest BCUT2D eigenvalue weighted by Gasteiger charge is 2.18. The van der Waals surface area contributed by atoms with Gasteiger partial charge in [0.25, 0.3) is 0 Å². The summed E-state index contributed by atoms with van der Waals surface area (Å²) < 4.78 is 5.72. The molecule has 18 heavy (non-hydrogen) atoms. The lowest BCUT2D eigenvalue weighted by molar-refractivity contribution is 0.0701. The molecule has 0 radical (unpaired) electrons. The lowest BCUT2D eigenvalue weighted by atomic mass is 10.00. The van der Waals surface area contributed by atoms with Crippen molar-refractivity contribution in [3.05, 3.63) is 23.8 Å². The molecule has 0 spiro atoms. The Hall–Kier alpha value is -0.600. The van der Waals surface area contributed by atoms with Gasteiger partial charge in [-0.1, -0.05) is 57.8 Å². The Kier molecular flexibility index (Phi) is 8.03. The molecule has 1 aliphatic heterocycles.